The predicted molar refractivity (Wildman–Crippen MR) is 195 cm³/mol. The average Bonchev–Trinajstić information content (AvgIpc) is 3.78. The zero-order chi connectivity index (χ0) is 35.2. The van der Waals surface area contributed by atoms with Crippen LogP contribution in [-0.4, -0.2) is 45.7 Å². The second-order valence-electron chi connectivity index (χ2n) is 11.4. The number of hydrogen-bond acceptors (Lipinski definition) is 11. The summed E-state index contributed by atoms with van der Waals surface area (Å²) in [5.74, 6) is 1.96. The molecule has 3 aromatic heterocycles. The Labute approximate surface area is 291 Å². The number of amidine groups is 2. The lowest BCUT2D eigenvalue weighted by Gasteiger charge is -2.16. The van der Waals surface area contributed by atoms with Gasteiger partial charge >= 0.3 is 0 Å². The number of carbonyl (C=O) groups excluding carboxylic acids is 2. The predicted octanol–water partition coefficient (Wildman–Crippen LogP) is 7.89. The van der Waals surface area contributed by atoms with Gasteiger partial charge in [0, 0.05) is 48.1 Å². The van der Waals surface area contributed by atoms with Crippen LogP contribution in [0.3, 0.4) is 0 Å². The average molecular weight is 701 g/mol. The lowest BCUT2D eigenvalue weighted by Crippen LogP contribution is -2.14. The van der Waals surface area contributed by atoms with E-state index in [4.69, 9.17) is 24.7 Å². The molecule has 0 fully saturated rings. The quantitative estimate of drug-likeness (QED) is 0.0556. The molecule has 2 aromatic carbocycles. The molecule has 2 amide bonds. The fourth-order valence-electron chi connectivity index (χ4n) is 4.55. The van der Waals surface area contributed by atoms with Crippen molar-refractivity contribution in [3.8, 4) is 34.1 Å². The number of amides is 2. The molecule has 0 bridgehead atoms. The highest BCUT2D eigenvalue weighted by Crippen LogP contribution is 2.40. The summed E-state index contributed by atoms with van der Waals surface area (Å²) in [6.07, 6.45) is -0.263. The number of hydrogen-bond donors (Lipinski definition) is 6. The van der Waals surface area contributed by atoms with Gasteiger partial charge in [-0.05, 0) is 64.1 Å². The first-order valence-electron chi connectivity index (χ1n) is 15.2. The third-order valence-corrected chi connectivity index (χ3v) is 7.97. The zero-order valence-corrected chi connectivity index (χ0v) is 29.3. The number of rotatable bonds is 12. The maximum Gasteiger partial charge on any atom is 0.223 e. The standard InChI is InChI=1S/C34H36N8O5S2/c1-17(2)45-29-13-21(39-31(35)25-15-48-33(41-25)37-19(5)43)7-9-23(29)27-11-12-28(47-27)24-10-8-22(14-30(24)46-18(3)4)40-32(36)26-16-49-34(42-26)38-20(6)44/h7-18H,1-6H3,(H2,35,39)(H2,36,40)(H,37,41,43)(H,38,42,44). The molecular weight excluding hydrogens is 665 g/mol. The van der Waals surface area contributed by atoms with Gasteiger partial charge in [-0.25, -0.2) is 9.97 Å². The highest BCUT2D eigenvalue weighted by atomic mass is 32.1. The second kappa shape index (κ2) is 15.1. The Morgan fingerprint density at radius 3 is 1.45 bits per heavy atom. The van der Waals surface area contributed by atoms with E-state index < -0.39 is 0 Å². The summed E-state index contributed by atoms with van der Waals surface area (Å²) >= 11 is 2.48. The van der Waals surface area contributed by atoms with Crippen molar-refractivity contribution in [1.29, 1.82) is 10.8 Å². The summed E-state index contributed by atoms with van der Waals surface area (Å²) in [7, 11) is 0. The van der Waals surface area contributed by atoms with Gasteiger partial charge < -0.3 is 35.2 Å². The third-order valence-electron chi connectivity index (χ3n) is 6.45. The molecule has 0 aliphatic carbocycles. The van der Waals surface area contributed by atoms with E-state index >= 15 is 0 Å². The zero-order valence-electron chi connectivity index (χ0n) is 27.7. The Hall–Kier alpha value is -5.54. The number of benzene rings is 2. The molecule has 3 heterocycles. The highest BCUT2D eigenvalue weighted by Gasteiger charge is 2.19. The molecule has 0 aliphatic rings. The van der Waals surface area contributed by atoms with Gasteiger partial charge in [0.1, 0.15) is 46.1 Å². The Balaban J connectivity index is 1.38. The minimum atomic E-state index is -0.228. The van der Waals surface area contributed by atoms with Crippen LogP contribution in [0.1, 0.15) is 52.9 Å². The minimum Gasteiger partial charge on any atom is -0.490 e. The normalized spacial score (nSPS) is 10.9. The maximum atomic E-state index is 11.4. The molecule has 5 aromatic rings. The summed E-state index contributed by atoms with van der Waals surface area (Å²) in [6, 6.07) is 14.7. The number of ether oxygens (including phenoxy) is 2. The molecule has 0 aliphatic heterocycles. The molecule has 0 spiro atoms. The van der Waals surface area contributed by atoms with E-state index in [0.717, 1.165) is 11.1 Å². The summed E-state index contributed by atoms with van der Waals surface area (Å²) < 4.78 is 18.7. The minimum absolute atomic E-state index is 0.0727. The van der Waals surface area contributed by atoms with Gasteiger partial charge in [0.15, 0.2) is 10.3 Å². The van der Waals surface area contributed by atoms with E-state index in [1.165, 1.54) is 36.5 Å². The van der Waals surface area contributed by atoms with Crippen molar-refractivity contribution in [2.24, 2.45) is 0 Å². The van der Waals surface area contributed by atoms with Crippen LogP contribution in [-0.2, 0) is 9.59 Å². The first-order chi connectivity index (χ1) is 23.3. The molecule has 0 radical (unpaired) electrons. The van der Waals surface area contributed by atoms with Crippen LogP contribution in [0, 0.1) is 10.8 Å². The molecule has 0 saturated heterocycles. The summed E-state index contributed by atoms with van der Waals surface area (Å²) in [4.78, 5) is 31.3. The smallest absolute Gasteiger partial charge is 0.223 e. The number of nitrogens with zero attached hydrogens (tertiary/aromatic N) is 2. The van der Waals surface area contributed by atoms with E-state index in [1.807, 2.05) is 64.1 Å². The number of nitrogens with one attached hydrogen (secondary N) is 6. The van der Waals surface area contributed by atoms with E-state index in [1.54, 1.807) is 22.9 Å². The van der Waals surface area contributed by atoms with Crippen molar-refractivity contribution >= 4 is 67.8 Å². The number of aromatic nitrogens is 2. The molecule has 13 nitrogen and oxygen atoms in total. The van der Waals surface area contributed by atoms with Crippen molar-refractivity contribution in [1.82, 2.24) is 9.97 Å². The van der Waals surface area contributed by atoms with Crippen LogP contribution in [0.25, 0.3) is 22.6 Å². The van der Waals surface area contributed by atoms with Gasteiger partial charge in [-0.1, -0.05) is 0 Å². The summed E-state index contributed by atoms with van der Waals surface area (Å²) in [5, 5.41) is 32.6. The van der Waals surface area contributed by atoms with Gasteiger partial charge in [-0.15, -0.1) is 22.7 Å². The molecule has 0 unspecified atom stereocenters. The first kappa shape index (κ1) is 34.8. The Morgan fingerprint density at radius 2 is 1.08 bits per heavy atom. The van der Waals surface area contributed by atoms with Crippen molar-refractivity contribution < 1.29 is 23.5 Å². The summed E-state index contributed by atoms with van der Waals surface area (Å²) in [5.41, 5.74) is 3.48. The topological polar surface area (TPSA) is 187 Å². The van der Waals surface area contributed by atoms with Crippen LogP contribution in [0.2, 0.25) is 0 Å². The molecule has 49 heavy (non-hydrogen) atoms. The molecule has 5 rings (SSSR count). The van der Waals surface area contributed by atoms with E-state index in [2.05, 4.69) is 31.2 Å². The lowest BCUT2D eigenvalue weighted by atomic mass is 10.1. The molecule has 254 valence electrons. The van der Waals surface area contributed by atoms with Gasteiger partial charge in [-0.3, -0.25) is 20.4 Å². The largest absolute Gasteiger partial charge is 0.490 e. The number of thiazole rings is 2. The number of anilines is 4. The van der Waals surface area contributed by atoms with Crippen molar-refractivity contribution in [2.45, 2.75) is 53.8 Å². The summed E-state index contributed by atoms with van der Waals surface area (Å²) in [6.45, 7) is 10.5. The van der Waals surface area contributed by atoms with Crippen LogP contribution >= 0.6 is 22.7 Å². The van der Waals surface area contributed by atoms with Crippen LogP contribution in [0.15, 0.2) is 63.7 Å². The van der Waals surface area contributed by atoms with Gasteiger partial charge in [0.05, 0.1) is 23.3 Å². The van der Waals surface area contributed by atoms with Crippen LogP contribution < -0.4 is 30.7 Å². The van der Waals surface area contributed by atoms with Gasteiger partial charge in [0.25, 0.3) is 0 Å². The molecule has 15 heteroatoms. The highest BCUT2D eigenvalue weighted by molar-refractivity contribution is 7.14. The SMILES string of the molecule is CC(=O)Nc1nc(C(=N)Nc2ccc(-c3ccc(-c4ccc(NC(=N)c5csc(NC(C)=O)n5)cc4OC(C)C)o3)c(OC(C)C)c2)cs1. The number of carbonyl (C=O) groups is 2. The first-order valence-corrected chi connectivity index (χ1v) is 17.0. The Bertz CT molecular complexity index is 1870. The monoisotopic (exact) mass is 700 g/mol. The Morgan fingerprint density at radius 1 is 0.673 bits per heavy atom. The fraction of sp³-hybridized carbons (Fsp3) is 0.235. The van der Waals surface area contributed by atoms with Crippen molar-refractivity contribution in [2.75, 3.05) is 21.3 Å². The maximum absolute atomic E-state index is 11.4. The molecule has 6 N–H and O–H groups in total. The van der Waals surface area contributed by atoms with Crippen LogP contribution in [0.5, 0.6) is 11.5 Å². The third kappa shape index (κ3) is 9.09. The van der Waals surface area contributed by atoms with Crippen molar-refractivity contribution in [3.63, 3.8) is 0 Å². The molecule has 0 atom stereocenters. The second-order valence-corrected chi connectivity index (χ2v) is 13.1. The number of furan rings is 1. The van der Waals surface area contributed by atoms with Crippen molar-refractivity contribution in [3.05, 3.63) is 70.7 Å². The van der Waals surface area contributed by atoms with E-state index in [-0.39, 0.29) is 35.7 Å². The fourth-order valence-corrected chi connectivity index (χ4v) is 6.04. The van der Waals surface area contributed by atoms with E-state index in [9.17, 15) is 9.59 Å². The lowest BCUT2D eigenvalue weighted by molar-refractivity contribution is -0.115. The van der Waals surface area contributed by atoms with Gasteiger partial charge in [-0.2, -0.15) is 0 Å². The van der Waals surface area contributed by atoms with Crippen LogP contribution in [0.4, 0.5) is 21.6 Å². The molecular formula is C34H36N8O5S2. The van der Waals surface area contributed by atoms with E-state index in [0.29, 0.717) is 56.0 Å². The Kier molecular flexibility index (Phi) is 10.7. The van der Waals surface area contributed by atoms with Gasteiger partial charge in [0.2, 0.25) is 11.8 Å². The molecule has 0 saturated carbocycles.